The van der Waals surface area contributed by atoms with Gasteiger partial charge in [-0.3, -0.25) is 9.36 Å². The highest BCUT2D eigenvalue weighted by molar-refractivity contribution is 7.99. The lowest BCUT2D eigenvalue weighted by Gasteiger charge is -2.30. The molecule has 0 saturated carbocycles. The van der Waals surface area contributed by atoms with Gasteiger partial charge in [-0.15, -0.1) is 10.2 Å². The van der Waals surface area contributed by atoms with Crippen molar-refractivity contribution >= 4 is 17.7 Å². The number of benzene rings is 1. The third-order valence-corrected chi connectivity index (χ3v) is 5.92. The molecule has 1 saturated heterocycles. The van der Waals surface area contributed by atoms with Crippen LogP contribution < -0.4 is 0 Å². The first kappa shape index (κ1) is 18.8. The number of carbonyl (C=O) groups is 1. The van der Waals surface area contributed by atoms with Crippen molar-refractivity contribution in [3.63, 3.8) is 0 Å². The van der Waals surface area contributed by atoms with Gasteiger partial charge in [-0.2, -0.15) is 0 Å². The summed E-state index contributed by atoms with van der Waals surface area (Å²) in [7, 11) is 0. The van der Waals surface area contributed by atoms with Crippen molar-refractivity contribution in [3.8, 4) is 17.3 Å². The summed E-state index contributed by atoms with van der Waals surface area (Å²) in [4.78, 5) is 14.6. The maximum Gasteiger partial charge on any atom is 0.233 e. The van der Waals surface area contributed by atoms with Gasteiger partial charge in [-0.05, 0) is 49.9 Å². The number of amides is 1. The molecule has 1 amide bonds. The van der Waals surface area contributed by atoms with Crippen LogP contribution in [-0.4, -0.2) is 44.4 Å². The molecule has 1 unspecified atom stereocenters. The fourth-order valence-corrected chi connectivity index (χ4v) is 4.34. The smallest absolute Gasteiger partial charge is 0.233 e. The summed E-state index contributed by atoms with van der Waals surface area (Å²) in [5.41, 5.74) is 2.13. The van der Waals surface area contributed by atoms with E-state index in [2.05, 4.69) is 36.2 Å². The molecule has 4 rings (SSSR count). The number of aryl methyl sites for hydroxylation is 1. The van der Waals surface area contributed by atoms with Crippen LogP contribution in [0, 0.1) is 12.8 Å². The van der Waals surface area contributed by atoms with Crippen LogP contribution >= 0.6 is 11.8 Å². The van der Waals surface area contributed by atoms with E-state index < -0.39 is 0 Å². The Bertz CT molecular complexity index is 934. The molecule has 3 heterocycles. The second-order valence-corrected chi connectivity index (χ2v) is 8.27. The predicted molar refractivity (Wildman–Crippen MR) is 110 cm³/mol. The van der Waals surface area contributed by atoms with E-state index in [1.54, 1.807) is 6.26 Å². The summed E-state index contributed by atoms with van der Waals surface area (Å²) in [6.07, 6.45) is 3.91. The van der Waals surface area contributed by atoms with Crippen LogP contribution in [-0.2, 0) is 4.79 Å². The standard InChI is InChI=1S/C21H24N4O2S/c1-15-7-9-17(10-8-15)25-20(18-6-4-12-27-18)22-23-21(25)28-14-19(26)24-11-3-5-16(2)13-24/h4,6-10,12,16H,3,5,11,13-14H2,1-2H3. The molecular formula is C21H24N4O2S. The summed E-state index contributed by atoms with van der Waals surface area (Å²) in [5, 5.41) is 9.37. The molecule has 28 heavy (non-hydrogen) atoms. The fraction of sp³-hybridized carbons (Fsp3) is 0.381. The highest BCUT2D eigenvalue weighted by Crippen LogP contribution is 2.29. The number of hydrogen-bond donors (Lipinski definition) is 0. The van der Waals surface area contributed by atoms with Crippen molar-refractivity contribution in [3.05, 3.63) is 48.2 Å². The quantitative estimate of drug-likeness (QED) is 0.605. The third kappa shape index (κ3) is 3.99. The molecule has 3 aromatic rings. The van der Waals surface area contributed by atoms with E-state index >= 15 is 0 Å². The summed E-state index contributed by atoms with van der Waals surface area (Å²) in [6, 6.07) is 11.9. The number of rotatable bonds is 5. The fourth-order valence-electron chi connectivity index (χ4n) is 3.49. The highest BCUT2D eigenvalue weighted by Gasteiger charge is 2.23. The number of nitrogens with zero attached hydrogens (tertiary/aromatic N) is 4. The second-order valence-electron chi connectivity index (χ2n) is 7.33. The average Bonchev–Trinajstić information content (AvgIpc) is 3.36. The van der Waals surface area contributed by atoms with Gasteiger partial charge in [0.15, 0.2) is 10.9 Å². The van der Waals surface area contributed by atoms with Crippen LogP contribution in [0.3, 0.4) is 0 Å². The minimum Gasteiger partial charge on any atom is -0.461 e. The Balaban J connectivity index is 1.58. The zero-order chi connectivity index (χ0) is 19.5. The number of thioether (sulfide) groups is 1. The van der Waals surface area contributed by atoms with E-state index in [9.17, 15) is 4.79 Å². The van der Waals surface area contributed by atoms with Gasteiger partial charge in [-0.1, -0.05) is 36.4 Å². The normalized spacial score (nSPS) is 17.1. The Morgan fingerprint density at radius 3 is 2.79 bits per heavy atom. The molecule has 1 aromatic carbocycles. The number of aromatic nitrogens is 3. The van der Waals surface area contributed by atoms with Crippen molar-refractivity contribution in [2.75, 3.05) is 18.8 Å². The molecular weight excluding hydrogens is 372 g/mol. The Labute approximate surface area is 168 Å². The van der Waals surface area contributed by atoms with Crippen LogP contribution in [0.15, 0.2) is 52.2 Å². The Morgan fingerprint density at radius 2 is 2.07 bits per heavy atom. The number of hydrogen-bond acceptors (Lipinski definition) is 5. The molecule has 6 nitrogen and oxygen atoms in total. The third-order valence-electron chi connectivity index (χ3n) is 5.00. The van der Waals surface area contributed by atoms with E-state index in [4.69, 9.17) is 4.42 Å². The SMILES string of the molecule is Cc1ccc(-n2c(SCC(=O)N3CCCC(C)C3)nnc2-c2ccco2)cc1. The minimum atomic E-state index is 0.162. The summed E-state index contributed by atoms with van der Waals surface area (Å²) >= 11 is 1.42. The molecule has 146 valence electrons. The van der Waals surface area contributed by atoms with Crippen LogP contribution in [0.4, 0.5) is 0 Å². The van der Waals surface area contributed by atoms with Crippen LogP contribution in [0.1, 0.15) is 25.3 Å². The first-order valence-corrected chi connectivity index (χ1v) is 10.6. The Hall–Kier alpha value is -2.54. The topological polar surface area (TPSA) is 64.2 Å². The predicted octanol–water partition coefficient (Wildman–Crippen LogP) is 4.19. The number of likely N-dealkylation sites (tertiary alicyclic amines) is 1. The van der Waals surface area contributed by atoms with Gasteiger partial charge in [-0.25, -0.2) is 0 Å². The summed E-state index contributed by atoms with van der Waals surface area (Å²) in [5.74, 6) is 2.38. The maximum absolute atomic E-state index is 12.7. The average molecular weight is 397 g/mol. The zero-order valence-corrected chi connectivity index (χ0v) is 17.0. The lowest BCUT2D eigenvalue weighted by molar-refractivity contribution is -0.130. The van der Waals surface area contributed by atoms with E-state index in [0.29, 0.717) is 28.4 Å². The molecule has 0 radical (unpaired) electrons. The van der Waals surface area contributed by atoms with Gasteiger partial charge < -0.3 is 9.32 Å². The first-order chi connectivity index (χ1) is 13.6. The minimum absolute atomic E-state index is 0.162. The zero-order valence-electron chi connectivity index (χ0n) is 16.2. The van der Waals surface area contributed by atoms with Gasteiger partial charge in [0.2, 0.25) is 11.7 Å². The molecule has 0 aliphatic carbocycles. The maximum atomic E-state index is 12.7. The Kier molecular flexibility index (Phi) is 5.52. The van der Waals surface area contributed by atoms with Gasteiger partial charge in [0.25, 0.3) is 0 Å². The van der Waals surface area contributed by atoms with Crippen LogP contribution in [0.2, 0.25) is 0 Å². The number of furan rings is 1. The molecule has 0 spiro atoms. The lowest BCUT2D eigenvalue weighted by atomic mass is 10.0. The largest absolute Gasteiger partial charge is 0.461 e. The molecule has 1 aliphatic rings. The molecule has 7 heteroatoms. The second kappa shape index (κ2) is 8.22. The highest BCUT2D eigenvalue weighted by atomic mass is 32.2. The monoisotopic (exact) mass is 396 g/mol. The van der Waals surface area contributed by atoms with Crippen molar-refractivity contribution in [1.82, 2.24) is 19.7 Å². The molecule has 1 aliphatic heterocycles. The van der Waals surface area contributed by atoms with Gasteiger partial charge in [0.05, 0.1) is 12.0 Å². The molecule has 1 atom stereocenters. The van der Waals surface area contributed by atoms with Crippen molar-refractivity contribution < 1.29 is 9.21 Å². The van der Waals surface area contributed by atoms with E-state index in [1.807, 2.05) is 33.7 Å². The summed E-state index contributed by atoms with van der Waals surface area (Å²) < 4.78 is 7.50. The van der Waals surface area contributed by atoms with E-state index in [1.165, 1.54) is 23.7 Å². The first-order valence-electron chi connectivity index (χ1n) is 9.58. The van der Waals surface area contributed by atoms with Crippen molar-refractivity contribution in [1.29, 1.82) is 0 Å². The molecule has 1 fully saturated rings. The van der Waals surface area contributed by atoms with E-state index in [0.717, 1.165) is 25.2 Å². The Morgan fingerprint density at radius 1 is 1.25 bits per heavy atom. The lowest BCUT2D eigenvalue weighted by Crippen LogP contribution is -2.40. The van der Waals surface area contributed by atoms with Crippen molar-refractivity contribution in [2.45, 2.75) is 31.8 Å². The number of carbonyl (C=O) groups excluding carboxylic acids is 1. The van der Waals surface area contributed by atoms with Gasteiger partial charge in [0, 0.05) is 18.8 Å². The molecule has 0 N–H and O–H groups in total. The molecule has 2 aromatic heterocycles. The van der Waals surface area contributed by atoms with Gasteiger partial charge in [0.1, 0.15) is 0 Å². The summed E-state index contributed by atoms with van der Waals surface area (Å²) in [6.45, 7) is 5.96. The van der Waals surface area contributed by atoms with Crippen LogP contribution in [0.25, 0.3) is 17.3 Å². The van der Waals surface area contributed by atoms with Gasteiger partial charge >= 0.3 is 0 Å². The van der Waals surface area contributed by atoms with E-state index in [-0.39, 0.29) is 5.91 Å². The van der Waals surface area contributed by atoms with Crippen LogP contribution in [0.5, 0.6) is 0 Å². The van der Waals surface area contributed by atoms with Crippen molar-refractivity contribution in [2.24, 2.45) is 5.92 Å². The molecule has 0 bridgehead atoms. The number of piperidine rings is 1.